The van der Waals surface area contributed by atoms with Crippen LogP contribution >= 0.6 is 0 Å². The Balaban J connectivity index is 1.46. The lowest BCUT2D eigenvalue weighted by atomic mass is 10.2. The summed E-state index contributed by atoms with van der Waals surface area (Å²) in [6.07, 6.45) is 1.60. The van der Waals surface area contributed by atoms with Crippen molar-refractivity contribution in [3.8, 4) is 0 Å². The van der Waals surface area contributed by atoms with E-state index in [4.69, 9.17) is 0 Å². The van der Waals surface area contributed by atoms with Crippen LogP contribution in [0.5, 0.6) is 0 Å². The fraction of sp³-hybridized carbons (Fsp3) is 0.364. The summed E-state index contributed by atoms with van der Waals surface area (Å²) in [6.45, 7) is 3.79. The minimum atomic E-state index is -3.50. The molecule has 166 valence electrons. The minimum absolute atomic E-state index is 0.176. The lowest BCUT2D eigenvalue weighted by Crippen LogP contribution is -2.50. The quantitative estimate of drug-likeness (QED) is 0.518. The van der Waals surface area contributed by atoms with Gasteiger partial charge in [0, 0.05) is 46.0 Å². The molecule has 2 aromatic rings. The molecular formula is C22H29N5O3S. The molecule has 0 aromatic heterocycles. The highest BCUT2D eigenvalue weighted by atomic mass is 32.2. The van der Waals surface area contributed by atoms with Crippen molar-refractivity contribution in [3.63, 3.8) is 0 Å². The van der Waals surface area contributed by atoms with Crippen molar-refractivity contribution in [1.29, 1.82) is 0 Å². The molecule has 1 amide bonds. The van der Waals surface area contributed by atoms with Gasteiger partial charge in [0.1, 0.15) is 0 Å². The predicted molar refractivity (Wildman–Crippen MR) is 123 cm³/mol. The molecule has 1 aliphatic heterocycles. The lowest BCUT2D eigenvalue weighted by Gasteiger charge is -2.33. The number of sulfonamides is 1. The Kier molecular flexibility index (Phi) is 7.42. The number of nitrogens with zero attached hydrogens (tertiary/aromatic N) is 4. The number of piperazine rings is 1. The van der Waals surface area contributed by atoms with Crippen molar-refractivity contribution in [3.05, 3.63) is 59.7 Å². The molecule has 2 aromatic carbocycles. The Labute approximate surface area is 184 Å². The normalized spacial score (nSPS) is 15.8. The molecule has 1 N–H and O–H groups in total. The van der Waals surface area contributed by atoms with Crippen LogP contribution in [0.25, 0.3) is 0 Å². The smallest absolute Gasteiger partial charge is 0.254 e. The van der Waals surface area contributed by atoms with Gasteiger partial charge in [0.15, 0.2) is 0 Å². The third-order valence-electron chi connectivity index (χ3n) is 5.17. The van der Waals surface area contributed by atoms with Gasteiger partial charge in [0.05, 0.1) is 17.7 Å². The van der Waals surface area contributed by atoms with Crippen LogP contribution in [0.3, 0.4) is 0 Å². The van der Waals surface area contributed by atoms with Gasteiger partial charge in [0.25, 0.3) is 5.91 Å². The van der Waals surface area contributed by atoms with Gasteiger partial charge >= 0.3 is 0 Å². The number of hydrogen-bond acceptors (Lipinski definition) is 6. The first-order chi connectivity index (χ1) is 14.8. The van der Waals surface area contributed by atoms with Crippen LogP contribution in [0, 0.1) is 6.92 Å². The van der Waals surface area contributed by atoms with E-state index >= 15 is 0 Å². The van der Waals surface area contributed by atoms with Crippen LogP contribution in [0.4, 0.5) is 5.69 Å². The summed E-state index contributed by atoms with van der Waals surface area (Å²) in [6, 6.07) is 14.7. The lowest BCUT2D eigenvalue weighted by molar-refractivity contribution is -0.122. The van der Waals surface area contributed by atoms with Gasteiger partial charge in [0.2, 0.25) is 10.0 Å². The van der Waals surface area contributed by atoms with E-state index in [1.807, 2.05) is 55.1 Å². The highest BCUT2D eigenvalue weighted by Gasteiger charge is 2.28. The average Bonchev–Trinajstić information content (AvgIpc) is 2.75. The molecule has 8 nitrogen and oxygen atoms in total. The van der Waals surface area contributed by atoms with Crippen molar-refractivity contribution >= 4 is 27.8 Å². The number of aryl methyl sites for hydroxylation is 1. The molecule has 0 spiro atoms. The maximum Gasteiger partial charge on any atom is 0.254 e. The largest absolute Gasteiger partial charge is 0.378 e. The van der Waals surface area contributed by atoms with E-state index in [1.165, 1.54) is 4.31 Å². The molecule has 1 aliphatic rings. The Hall–Kier alpha value is -2.75. The number of nitrogens with one attached hydrogen (secondary N) is 1. The van der Waals surface area contributed by atoms with Crippen molar-refractivity contribution in [1.82, 2.24) is 14.6 Å². The summed E-state index contributed by atoms with van der Waals surface area (Å²) < 4.78 is 27.0. The zero-order chi connectivity index (χ0) is 22.4. The molecule has 0 aliphatic carbocycles. The molecule has 1 heterocycles. The molecule has 0 unspecified atom stereocenters. The van der Waals surface area contributed by atoms with Gasteiger partial charge in [-0.3, -0.25) is 9.69 Å². The zero-order valence-corrected chi connectivity index (χ0v) is 19.0. The van der Waals surface area contributed by atoms with Crippen molar-refractivity contribution in [2.75, 3.05) is 51.7 Å². The number of anilines is 1. The molecule has 1 fully saturated rings. The van der Waals surface area contributed by atoms with E-state index in [-0.39, 0.29) is 12.5 Å². The standard InChI is InChI=1S/C22H29N5O3S/c1-18-4-10-21(11-5-18)31(29,30)27-14-12-26(13-15-27)17-22(28)24-23-16-19-6-8-20(9-7-19)25(2)3/h4-11,16H,12-15,17H2,1-3H3,(H,24,28). The number of hydrazone groups is 1. The van der Waals surface area contributed by atoms with Crippen molar-refractivity contribution in [2.24, 2.45) is 5.10 Å². The monoisotopic (exact) mass is 443 g/mol. The van der Waals surface area contributed by atoms with Crippen LogP contribution < -0.4 is 10.3 Å². The van der Waals surface area contributed by atoms with E-state index in [0.717, 1.165) is 16.8 Å². The topological polar surface area (TPSA) is 85.3 Å². The average molecular weight is 444 g/mol. The summed E-state index contributed by atoms with van der Waals surface area (Å²) in [7, 11) is 0.442. The second kappa shape index (κ2) is 10.0. The number of amides is 1. The summed E-state index contributed by atoms with van der Waals surface area (Å²) in [5.74, 6) is -0.226. The number of hydrogen-bond donors (Lipinski definition) is 1. The predicted octanol–water partition coefficient (Wildman–Crippen LogP) is 1.52. The second-order valence-corrected chi connectivity index (χ2v) is 9.71. The molecule has 0 saturated carbocycles. The number of rotatable bonds is 7. The third-order valence-corrected chi connectivity index (χ3v) is 7.08. The van der Waals surface area contributed by atoms with Crippen molar-refractivity contribution in [2.45, 2.75) is 11.8 Å². The van der Waals surface area contributed by atoms with E-state index in [9.17, 15) is 13.2 Å². The van der Waals surface area contributed by atoms with Crippen LogP contribution in [-0.2, 0) is 14.8 Å². The number of carbonyl (C=O) groups excluding carboxylic acids is 1. The van der Waals surface area contributed by atoms with Gasteiger partial charge in [-0.2, -0.15) is 9.41 Å². The SMILES string of the molecule is Cc1ccc(S(=O)(=O)N2CCN(CC(=O)NN=Cc3ccc(N(C)C)cc3)CC2)cc1. The van der Waals surface area contributed by atoms with Crippen LogP contribution in [0.2, 0.25) is 0 Å². The van der Waals surface area contributed by atoms with Crippen LogP contribution in [0.15, 0.2) is 58.5 Å². The van der Waals surface area contributed by atoms with Gasteiger partial charge in [-0.25, -0.2) is 13.8 Å². The first-order valence-electron chi connectivity index (χ1n) is 10.1. The Morgan fingerprint density at radius 2 is 1.65 bits per heavy atom. The van der Waals surface area contributed by atoms with E-state index in [1.54, 1.807) is 30.5 Å². The minimum Gasteiger partial charge on any atom is -0.378 e. The summed E-state index contributed by atoms with van der Waals surface area (Å²) in [5.41, 5.74) is 5.53. The number of carbonyl (C=O) groups is 1. The van der Waals surface area contributed by atoms with Crippen LogP contribution in [-0.4, -0.2) is 76.6 Å². The second-order valence-electron chi connectivity index (χ2n) is 7.77. The van der Waals surface area contributed by atoms with E-state index < -0.39 is 10.0 Å². The summed E-state index contributed by atoms with van der Waals surface area (Å²) >= 11 is 0. The maximum absolute atomic E-state index is 12.8. The Morgan fingerprint density at radius 1 is 1.03 bits per heavy atom. The molecule has 0 atom stereocenters. The first kappa shape index (κ1) is 22.9. The molecule has 0 radical (unpaired) electrons. The third kappa shape index (κ3) is 6.13. The highest BCUT2D eigenvalue weighted by Crippen LogP contribution is 2.18. The molecule has 3 rings (SSSR count). The van der Waals surface area contributed by atoms with Gasteiger partial charge in [-0.05, 0) is 36.8 Å². The fourth-order valence-corrected chi connectivity index (χ4v) is 4.69. The van der Waals surface area contributed by atoms with Gasteiger partial charge in [-0.15, -0.1) is 0 Å². The van der Waals surface area contributed by atoms with E-state index in [2.05, 4.69) is 10.5 Å². The molecule has 0 bridgehead atoms. The van der Waals surface area contributed by atoms with Gasteiger partial charge in [-0.1, -0.05) is 29.8 Å². The highest BCUT2D eigenvalue weighted by molar-refractivity contribution is 7.89. The number of benzene rings is 2. The Bertz CT molecular complexity index is 1010. The molecule has 1 saturated heterocycles. The van der Waals surface area contributed by atoms with Crippen LogP contribution in [0.1, 0.15) is 11.1 Å². The van der Waals surface area contributed by atoms with Crippen molar-refractivity contribution < 1.29 is 13.2 Å². The molecular weight excluding hydrogens is 414 g/mol. The molecule has 9 heteroatoms. The summed E-state index contributed by atoms with van der Waals surface area (Å²) in [5, 5.41) is 4.01. The summed E-state index contributed by atoms with van der Waals surface area (Å²) in [4.78, 5) is 16.4. The fourth-order valence-electron chi connectivity index (χ4n) is 3.26. The maximum atomic E-state index is 12.8. The zero-order valence-electron chi connectivity index (χ0n) is 18.2. The first-order valence-corrected chi connectivity index (χ1v) is 11.6. The molecule has 31 heavy (non-hydrogen) atoms. The van der Waals surface area contributed by atoms with Gasteiger partial charge < -0.3 is 4.90 Å². The van der Waals surface area contributed by atoms with E-state index in [0.29, 0.717) is 31.1 Å². The Morgan fingerprint density at radius 3 is 2.23 bits per heavy atom.